The maximum atomic E-state index is 12.2. The number of halogens is 1. The second-order valence-corrected chi connectivity index (χ2v) is 6.86. The number of anilines is 1. The van der Waals surface area contributed by atoms with E-state index in [4.69, 9.17) is 17.3 Å². The summed E-state index contributed by atoms with van der Waals surface area (Å²) in [5, 5.41) is 0.379. The van der Waals surface area contributed by atoms with Crippen molar-refractivity contribution in [2.45, 2.75) is 37.6 Å². The number of benzene rings is 1. The van der Waals surface area contributed by atoms with Gasteiger partial charge in [0, 0.05) is 6.04 Å². The summed E-state index contributed by atoms with van der Waals surface area (Å²) in [4.78, 5) is 0.214. The summed E-state index contributed by atoms with van der Waals surface area (Å²) in [6, 6.07) is 3.07. The van der Waals surface area contributed by atoms with E-state index in [0.29, 0.717) is 16.5 Å². The molecule has 0 amide bonds. The standard InChI is InChI=1S/C12H17ClN2O2S/c1-3-8-5-11(8)15-18(16,17)12-6-10(14)9(13)4-7(12)2/h4,6,8,11,15H,3,5,14H2,1-2H3. The molecule has 2 rings (SSSR count). The molecule has 0 aliphatic heterocycles. The minimum atomic E-state index is -3.50. The summed E-state index contributed by atoms with van der Waals surface area (Å²) < 4.78 is 27.1. The first-order chi connectivity index (χ1) is 8.35. The van der Waals surface area contributed by atoms with Crippen LogP contribution < -0.4 is 10.5 Å². The largest absolute Gasteiger partial charge is 0.397 e. The first kappa shape index (κ1) is 13.6. The molecule has 2 unspecified atom stereocenters. The second-order valence-electron chi connectivity index (χ2n) is 4.77. The molecule has 2 atom stereocenters. The third-order valence-electron chi connectivity index (χ3n) is 3.34. The summed E-state index contributed by atoms with van der Waals surface area (Å²) in [6.07, 6.45) is 1.91. The first-order valence-electron chi connectivity index (χ1n) is 5.93. The van der Waals surface area contributed by atoms with Crippen LogP contribution >= 0.6 is 11.6 Å². The molecule has 100 valence electrons. The topological polar surface area (TPSA) is 72.2 Å². The van der Waals surface area contributed by atoms with Gasteiger partial charge in [-0.2, -0.15) is 0 Å². The van der Waals surface area contributed by atoms with Gasteiger partial charge in [-0.15, -0.1) is 0 Å². The van der Waals surface area contributed by atoms with Crippen molar-refractivity contribution in [3.8, 4) is 0 Å². The Morgan fingerprint density at radius 2 is 2.17 bits per heavy atom. The lowest BCUT2D eigenvalue weighted by atomic mass is 10.2. The van der Waals surface area contributed by atoms with Gasteiger partial charge in [0.15, 0.2) is 0 Å². The van der Waals surface area contributed by atoms with Crippen LogP contribution in [0.2, 0.25) is 5.02 Å². The van der Waals surface area contributed by atoms with Crippen molar-refractivity contribution in [2.24, 2.45) is 5.92 Å². The summed E-state index contributed by atoms with van der Waals surface area (Å²) in [5.41, 5.74) is 6.55. The lowest BCUT2D eigenvalue weighted by molar-refractivity contribution is 0.575. The van der Waals surface area contributed by atoms with Crippen molar-refractivity contribution in [3.63, 3.8) is 0 Å². The van der Waals surface area contributed by atoms with Gasteiger partial charge in [0.2, 0.25) is 10.0 Å². The number of nitrogens with two attached hydrogens (primary N) is 1. The first-order valence-corrected chi connectivity index (χ1v) is 7.79. The van der Waals surface area contributed by atoms with E-state index in [-0.39, 0.29) is 16.6 Å². The highest BCUT2D eigenvalue weighted by molar-refractivity contribution is 7.89. The van der Waals surface area contributed by atoms with Gasteiger partial charge in [-0.05, 0) is 37.0 Å². The Bertz CT molecular complexity index is 572. The molecule has 6 heteroatoms. The molecular weight excluding hydrogens is 272 g/mol. The number of aryl methyl sites for hydroxylation is 1. The number of hydrogen-bond donors (Lipinski definition) is 2. The van der Waals surface area contributed by atoms with Crippen LogP contribution in [0.25, 0.3) is 0 Å². The predicted octanol–water partition coefficient (Wildman–Crippen LogP) is 2.31. The monoisotopic (exact) mass is 288 g/mol. The highest BCUT2D eigenvalue weighted by Crippen LogP contribution is 2.35. The quantitative estimate of drug-likeness (QED) is 0.835. The molecular formula is C12H17ClN2O2S. The van der Waals surface area contributed by atoms with Gasteiger partial charge < -0.3 is 5.73 Å². The lowest BCUT2D eigenvalue weighted by Gasteiger charge is -2.10. The number of rotatable bonds is 4. The zero-order valence-electron chi connectivity index (χ0n) is 10.4. The molecule has 0 radical (unpaired) electrons. The van der Waals surface area contributed by atoms with Crippen molar-refractivity contribution < 1.29 is 8.42 Å². The predicted molar refractivity (Wildman–Crippen MR) is 73.1 cm³/mol. The Morgan fingerprint density at radius 1 is 1.50 bits per heavy atom. The summed E-state index contributed by atoms with van der Waals surface area (Å²) in [5.74, 6) is 0.463. The van der Waals surface area contributed by atoms with Crippen molar-refractivity contribution in [1.82, 2.24) is 4.72 Å². The van der Waals surface area contributed by atoms with Gasteiger partial charge in [-0.25, -0.2) is 13.1 Å². The maximum Gasteiger partial charge on any atom is 0.241 e. The van der Waals surface area contributed by atoms with Crippen molar-refractivity contribution >= 4 is 27.3 Å². The van der Waals surface area contributed by atoms with E-state index in [1.807, 2.05) is 0 Å². The highest BCUT2D eigenvalue weighted by atomic mass is 35.5. The summed E-state index contributed by atoms with van der Waals surface area (Å²) in [6.45, 7) is 3.77. The van der Waals surface area contributed by atoms with Gasteiger partial charge in [0.1, 0.15) is 0 Å². The van der Waals surface area contributed by atoms with Crippen molar-refractivity contribution in [2.75, 3.05) is 5.73 Å². The molecule has 0 saturated heterocycles. The lowest BCUT2D eigenvalue weighted by Crippen LogP contribution is -2.27. The van der Waals surface area contributed by atoms with Crippen LogP contribution in [0, 0.1) is 12.8 Å². The Hall–Kier alpha value is -0.780. The molecule has 1 saturated carbocycles. The van der Waals surface area contributed by atoms with E-state index in [0.717, 1.165) is 12.8 Å². The van der Waals surface area contributed by atoms with Gasteiger partial charge in [-0.3, -0.25) is 0 Å². The van der Waals surface area contributed by atoms with Gasteiger partial charge >= 0.3 is 0 Å². The minimum Gasteiger partial charge on any atom is -0.397 e. The normalized spacial score (nSPS) is 23.1. The van der Waals surface area contributed by atoms with Crippen molar-refractivity contribution in [3.05, 3.63) is 22.7 Å². The zero-order valence-corrected chi connectivity index (χ0v) is 12.0. The maximum absolute atomic E-state index is 12.2. The minimum absolute atomic E-state index is 0.0660. The van der Waals surface area contributed by atoms with Crippen LogP contribution in [-0.4, -0.2) is 14.5 Å². The molecule has 0 aromatic heterocycles. The Balaban J connectivity index is 2.27. The molecule has 18 heavy (non-hydrogen) atoms. The molecule has 3 N–H and O–H groups in total. The van der Waals surface area contributed by atoms with Crippen molar-refractivity contribution in [1.29, 1.82) is 0 Å². The van der Waals surface area contributed by atoms with Gasteiger partial charge in [-0.1, -0.05) is 24.9 Å². The average molecular weight is 289 g/mol. The van der Waals surface area contributed by atoms with Crippen LogP contribution in [0.15, 0.2) is 17.0 Å². The number of hydrogen-bond acceptors (Lipinski definition) is 3. The SMILES string of the molecule is CCC1CC1NS(=O)(=O)c1cc(N)c(Cl)cc1C. The Labute approximate surface area is 113 Å². The average Bonchev–Trinajstić information content (AvgIpc) is 3.00. The molecule has 1 aromatic carbocycles. The van der Waals surface area contributed by atoms with E-state index in [2.05, 4.69) is 11.6 Å². The zero-order chi connectivity index (χ0) is 13.5. The highest BCUT2D eigenvalue weighted by Gasteiger charge is 2.39. The fraction of sp³-hybridized carbons (Fsp3) is 0.500. The van der Waals surface area contributed by atoms with E-state index in [9.17, 15) is 8.42 Å². The molecule has 1 fully saturated rings. The number of nitrogen functional groups attached to an aromatic ring is 1. The summed E-state index contributed by atoms with van der Waals surface area (Å²) >= 11 is 5.86. The molecule has 0 spiro atoms. The number of nitrogens with one attached hydrogen (secondary N) is 1. The molecule has 1 aromatic rings. The van der Waals surface area contributed by atoms with E-state index < -0.39 is 10.0 Å². The molecule has 0 heterocycles. The Kier molecular flexibility index (Phi) is 3.58. The second kappa shape index (κ2) is 4.72. The Morgan fingerprint density at radius 3 is 2.72 bits per heavy atom. The fourth-order valence-electron chi connectivity index (χ4n) is 2.06. The van der Waals surface area contributed by atoms with E-state index in [1.54, 1.807) is 13.0 Å². The van der Waals surface area contributed by atoms with Crippen LogP contribution in [0.4, 0.5) is 5.69 Å². The molecule has 1 aliphatic rings. The fourth-order valence-corrected chi connectivity index (χ4v) is 3.86. The van der Waals surface area contributed by atoms with E-state index in [1.165, 1.54) is 6.07 Å². The number of sulfonamides is 1. The van der Waals surface area contributed by atoms with E-state index >= 15 is 0 Å². The van der Waals surface area contributed by atoms with Crippen LogP contribution in [0.1, 0.15) is 25.3 Å². The van der Waals surface area contributed by atoms with Crippen LogP contribution in [0.3, 0.4) is 0 Å². The smallest absolute Gasteiger partial charge is 0.241 e. The third-order valence-corrected chi connectivity index (χ3v) is 5.30. The molecule has 1 aliphatic carbocycles. The summed E-state index contributed by atoms with van der Waals surface area (Å²) in [7, 11) is -3.50. The van der Waals surface area contributed by atoms with Crippen LogP contribution in [0.5, 0.6) is 0 Å². The van der Waals surface area contributed by atoms with Crippen LogP contribution in [-0.2, 0) is 10.0 Å². The van der Waals surface area contributed by atoms with Gasteiger partial charge in [0.05, 0.1) is 15.6 Å². The van der Waals surface area contributed by atoms with Gasteiger partial charge in [0.25, 0.3) is 0 Å². The molecule has 0 bridgehead atoms. The third kappa shape index (κ3) is 2.63. The molecule has 4 nitrogen and oxygen atoms in total.